The van der Waals surface area contributed by atoms with Gasteiger partial charge in [0.25, 0.3) is 0 Å². The Balaban J connectivity index is 0.00000162. The number of thiophene rings is 2. The Morgan fingerprint density at radius 3 is 2.06 bits per heavy atom. The molecule has 4 heteroatoms. The fourth-order valence-corrected chi connectivity index (χ4v) is 3.05. The second-order valence-corrected chi connectivity index (χ2v) is 5.95. The van der Waals surface area contributed by atoms with E-state index in [9.17, 15) is 0 Å². The summed E-state index contributed by atoms with van der Waals surface area (Å²) in [5, 5.41) is 8.75. The van der Waals surface area contributed by atoms with Crippen molar-refractivity contribution in [3.63, 3.8) is 0 Å². The largest absolute Gasteiger partial charge is 1.00 e. The highest BCUT2D eigenvalue weighted by atomic mass is 35.5. The Labute approximate surface area is 123 Å². The molecular formula is C14H18ClNS2. The zero-order valence-electron chi connectivity index (χ0n) is 10.7. The third-order valence-corrected chi connectivity index (χ3v) is 4.02. The Bertz CT molecular complexity index is 422. The summed E-state index contributed by atoms with van der Waals surface area (Å²) in [4.78, 5) is 1.50. The first-order valence-electron chi connectivity index (χ1n) is 5.81. The maximum Gasteiger partial charge on any atom is 0.0802 e. The van der Waals surface area contributed by atoms with Crippen LogP contribution in [0, 0.1) is 0 Å². The normalized spacial score (nSPS) is 10.2. The van der Waals surface area contributed by atoms with Crippen LogP contribution in [0.2, 0.25) is 0 Å². The molecule has 2 aromatic rings. The molecule has 0 aliphatic rings. The van der Waals surface area contributed by atoms with Crippen molar-refractivity contribution in [1.29, 1.82) is 0 Å². The first-order valence-corrected chi connectivity index (χ1v) is 7.70. The van der Waals surface area contributed by atoms with Crippen molar-refractivity contribution < 1.29 is 17.3 Å². The van der Waals surface area contributed by atoms with Gasteiger partial charge in [0, 0.05) is 6.42 Å². The van der Waals surface area contributed by atoms with Crippen LogP contribution < -0.4 is 17.3 Å². The molecule has 98 valence electrons. The van der Waals surface area contributed by atoms with Crippen molar-refractivity contribution in [2.24, 2.45) is 0 Å². The lowest BCUT2D eigenvalue weighted by molar-refractivity contribution is -0.857. The van der Waals surface area contributed by atoms with Gasteiger partial charge in [-0.15, -0.1) is 0 Å². The molecule has 1 nitrogen and oxygen atoms in total. The van der Waals surface area contributed by atoms with Gasteiger partial charge in [0.05, 0.1) is 20.6 Å². The molecule has 0 saturated heterocycles. The maximum atomic E-state index is 2.37. The van der Waals surface area contributed by atoms with Gasteiger partial charge in [0.15, 0.2) is 0 Å². The van der Waals surface area contributed by atoms with Crippen molar-refractivity contribution in [3.8, 4) is 0 Å². The molecule has 0 spiro atoms. The van der Waals surface area contributed by atoms with E-state index in [1.54, 1.807) is 22.7 Å². The molecule has 0 saturated carbocycles. The minimum atomic E-state index is 0. The van der Waals surface area contributed by atoms with E-state index >= 15 is 0 Å². The summed E-state index contributed by atoms with van der Waals surface area (Å²) >= 11 is 3.52. The average molecular weight is 300 g/mol. The van der Waals surface area contributed by atoms with E-state index in [2.05, 4.69) is 53.8 Å². The van der Waals surface area contributed by atoms with Crippen LogP contribution in [0.5, 0.6) is 0 Å². The Morgan fingerprint density at radius 1 is 1.11 bits per heavy atom. The first-order chi connectivity index (χ1) is 8.27. The van der Waals surface area contributed by atoms with Gasteiger partial charge in [-0.2, -0.15) is 22.7 Å². The van der Waals surface area contributed by atoms with E-state index in [1.807, 2.05) is 0 Å². The summed E-state index contributed by atoms with van der Waals surface area (Å²) in [6.07, 6.45) is 3.50. The number of halogens is 1. The molecule has 1 N–H and O–H groups in total. The molecule has 0 amide bonds. The Kier molecular flexibility index (Phi) is 6.65. The molecule has 0 fully saturated rings. The topological polar surface area (TPSA) is 4.44 Å². The average Bonchev–Trinajstić information content (AvgIpc) is 2.97. The molecule has 2 rings (SSSR count). The molecule has 0 aromatic carbocycles. The van der Waals surface area contributed by atoms with Gasteiger partial charge in [-0.3, -0.25) is 0 Å². The molecule has 18 heavy (non-hydrogen) atoms. The molecule has 2 heterocycles. The van der Waals surface area contributed by atoms with Crippen LogP contribution in [0.3, 0.4) is 0 Å². The van der Waals surface area contributed by atoms with Crippen LogP contribution in [0.1, 0.15) is 17.5 Å². The Hall–Kier alpha value is -0.610. The van der Waals surface area contributed by atoms with Crippen LogP contribution in [0.15, 0.2) is 39.7 Å². The quantitative estimate of drug-likeness (QED) is 0.779. The van der Waals surface area contributed by atoms with Crippen LogP contribution in [0.4, 0.5) is 0 Å². The number of hydrogen-bond donors (Lipinski definition) is 1. The summed E-state index contributed by atoms with van der Waals surface area (Å²) in [5.74, 6) is 0. The van der Waals surface area contributed by atoms with E-state index in [-0.39, 0.29) is 12.4 Å². The second kappa shape index (κ2) is 7.74. The van der Waals surface area contributed by atoms with E-state index in [1.165, 1.54) is 28.1 Å². The molecule has 0 atom stereocenters. The van der Waals surface area contributed by atoms with Gasteiger partial charge in [-0.1, -0.05) is 6.08 Å². The number of nitrogens with one attached hydrogen (secondary N) is 1. The third kappa shape index (κ3) is 4.25. The zero-order chi connectivity index (χ0) is 12.1. The zero-order valence-corrected chi connectivity index (χ0v) is 13.0. The third-order valence-electron chi connectivity index (χ3n) is 2.66. The smallest absolute Gasteiger partial charge is 0.0802 e. The molecule has 0 aliphatic carbocycles. The SMILES string of the molecule is C[NH+](C)CCC=C(c1ccsc1)c1ccsc1.[Cl-]. The van der Waals surface area contributed by atoms with Crippen LogP contribution >= 0.6 is 22.7 Å². The fraction of sp³-hybridized carbons (Fsp3) is 0.286. The highest BCUT2D eigenvalue weighted by Gasteiger charge is 2.05. The standard InChI is InChI=1S/C14H17NS2.ClH/c1-15(2)7-3-4-14(12-5-8-16-10-12)13-6-9-17-11-13;/h4-6,8-11H,3,7H2,1-2H3;1H. The summed E-state index contributed by atoms with van der Waals surface area (Å²) < 4.78 is 0. The lowest BCUT2D eigenvalue weighted by Gasteiger charge is -2.06. The van der Waals surface area contributed by atoms with E-state index in [0.717, 1.165) is 6.42 Å². The van der Waals surface area contributed by atoms with Crippen molar-refractivity contribution in [3.05, 3.63) is 50.9 Å². The van der Waals surface area contributed by atoms with Gasteiger partial charge in [-0.25, -0.2) is 0 Å². The first kappa shape index (κ1) is 15.4. The van der Waals surface area contributed by atoms with E-state index < -0.39 is 0 Å². The van der Waals surface area contributed by atoms with Gasteiger partial charge >= 0.3 is 0 Å². The Morgan fingerprint density at radius 2 is 1.67 bits per heavy atom. The highest BCUT2D eigenvalue weighted by molar-refractivity contribution is 7.08. The monoisotopic (exact) mass is 299 g/mol. The predicted octanol–water partition coefficient (Wildman–Crippen LogP) is -0.220. The number of rotatable bonds is 5. The second-order valence-electron chi connectivity index (χ2n) is 4.39. The van der Waals surface area contributed by atoms with Crippen LogP contribution in [-0.4, -0.2) is 20.6 Å². The summed E-state index contributed by atoms with van der Waals surface area (Å²) in [5.41, 5.74) is 4.08. The van der Waals surface area contributed by atoms with Gasteiger partial charge in [-0.05, 0) is 50.4 Å². The molecule has 0 radical (unpaired) electrons. The minimum Gasteiger partial charge on any atom is -1.00 e. The lowest BCUT2D eigenvalue weighted by Crippen LogP contribution is -3.05. The summed E-state index contributed by atoms with van der Waals surface area (Å²) in [6.45, 7) is 1.18. The molecule has 0 bridgehead atoms. The summed E-state index contributed by atoms with van der Waals surface area (Å²) in [7, 11) is 4.39. The molecule has 0 unspecified atom stereocenters. The van der Waals surface area contributed by atoms with Gasteiger partial charge < -0.3 is 17.3 Å². The predicted molar refractivity (Wildman–Crippen MR) is 78.0 cm³/mol. The fourth-order valence-electron chi connectivity index (χ4n) is 1.74. The maximum absolute atomic E-state index is 2.37. The molecule has 2 aromatic heterocycles. The van der Waals surface area contributed by atoms with Crippen molar-refractivity contribution in [2.75, 3.05) is 20.6 Å². The lowest BCUT2D eigenvalue weighted by atomic mass is 10.0. The van der Waals surface area contributed by atoms with E-state index in [0.29, 0.717) is 0 Å². The number of quaternary nitrogens is 1. The highest BCUT2D eigenvalue weighted by Crippen LogP contribution is 2.27. The minimum absolute atomic E-state index is 0. The number of hydrogen-bond acceptors (Lipinski definition) is 2. The van der Waals surface area contributed by atoms with Gasteiger partial charge in [0.2, 0.25) is 0 Å². The van der Waals surface area contributed by atoms with Crippen molar-refractivity contribution in [2.45, 2.75) is 6.42 Å². The van der Waals surface area contributed by atoms with Crippen LogP contribution in [0.25, 0.3) is 5.57 Å². The molecule has 0 aliphatic heterocycles. The summed E-state index contributed by atoms with van der Waals surface area (Å²) in [6, 6.07) is 4.41. The van der Waals surface area contributed by atoms with Crippen molar-refractivity contribution >= 4 is 28.2 Å². The van der Waals surface area contributed by atoms with Crippen LogP contribution in [-0.2, 0) is 0 Å². The molecular weight excluding hydrogens is 282 g/mol. The van der Waals surface area contributed by atoms with Crippen molar-refractivity contribution in [1.82, 2.24) is 0 Å². The van der Waals surface area contributed by atoms with Gasteiger partial charge in [0.1, 0.15) is 0 Å². The van der Waals surface area contributed by atoms with E-state index in [4.69, 9.17) is 0 Å².